The number of esters is 1. The summed E-state index contributed by atoms with van der Waals surface area (Å²) in [5, 5.41) is 9.34. The van der Waals surface area contributed by atoms with E-state index < -0.39 is 34.3 Å². The summed E-state index contributed by atoms with van der Waals surface area (Å²) >= 11 is 6.42. The number of halogens is 1. The largest absolute Gasteiger partial charge is 0.490 e. The topological polar surface area (TPSA) is 156 Å². The van der Waals surface area contributed by atoms with Crippen molar-refractivity contribution < 1.29 is 42.2 Å². The lowest BCUT2D eigenvalue weighted by Crippen LogP contribution is -2.38. The average Bonchev–Trinajstić information content (AvgIpc) is 3.11. The number of hydrogen-bond acceptors (Lipinski definition) is 8. The molecule has 11 nitrogen and oxygen atoms in total. The van der Waals surface area contributed by atoms with Gasteiger partial charge in [0.15, 0.2) is 5.78 Å². The zero-order valence-corrected chi connectivity index (χ0v) is 26.1. The molecule has 1 aliphatic heterocycles. The first-order valence-corrected chi connectivity index (χ1v) is 16.0. The number of ether oxygens (including phenoxy) is 2. The molecule has 3 aromatic rings. The molecule has 0 aliphatic carbocycles. The van der Waals surface area contributed by atoms with Crippen LogP contribution in [0.3, 0.4) is 0 Å². The lowest BCUT2D eigenvalue weighted by Gasteiger charge is -2.21. The zero-order valence-electron chi connectivity index (χ0n) is 24.5. The van der Waals surface area contributed by atoms with E-state index in [9.17, 15) is 27.6 Å². The molecule has 0 aromatic heterocycles. The van der Waals surface area contributed by atoms with E-state index in [1.165, 1.54) is 31.2 Å². The minimum Gasteiger partial charge on any atom is -0.490 e. The van der Waals surface area contributed by atoms with Crippen molar-refractivity contribution in [2.45, 2.75) is 43.5 Å². The molecular formula is C32H33ClN2O9S. The van der Waals surface area contributed by atoms with E-state index in [1.54, 1.807) is 23.1 Å². The highest BCUT2D eigenvalue weighted by Crippen LogP contribution is 2.34. The second-order valence-electron chi connectivity index (χ2n) is 10.4. The third-order valence-corrected chi connectivity index (χ3v) is 9.11. The van der Waals surface area contributed by atoms with Crippen molar-refractivity contribution in [3.8, 4) is 5.75 Å². The Kier molecular flexibility index (Phi) is 11.3. The Morgan fingerprint density at radius 2 is 1.78 bits per heavy atom. The van der Waals surface area contributed by atoms with Gasteiger partial charge in [-0.2, -0.15) is 0 Å². The van der Waals surface area contributed by atoms with E-state index in [1.807, 2.05) is 24.3 Å². The summed E-state index contributed by atoms with van der Waals surface area (Å²) in [6.07, 6.45) is -0.388. The first-order chi connectivity index (χ1) is 21.4. The standard InChI is InChI=1S/C32H33ClN2O9S/c1-21(36)43-14-15-44-25-10-11-27(28(33)19-25)29(37)16-24-17-31(38)35(20-23-7-2-4-8-26(23)24)13-12-34-45(41,42)30-9-5-3-6-22(30)18-32(39)40/h2-11,19,24,34H,12-18,20H2,1H3,(H,39,40)/t24-/m1/s1. The quantitative estimate of drug-likeness (QED) is 0.149. The number of carbonyl (C=O) groups excluding carboxylic acids is 3. The minimum atomic E-state index is -4.04. The molecule has 45 heavy (non-hydrogen) atoms. The molecule has 0 saturated carbocycles. The number of Topliss-reactive ketones (excluding diaryl/α,β-unsaturated/α-hetero) is 1. The van der Waals surface area contributed by atoms with Crippen molar-refractivity contribution in [1.29, 1.82) is 0 Å². The van der Waals surface area contributed by atoms with Crippen LogP contribution in [0.25, 0.3) is 0 Å². The summed E-state index contributed by atoms with van der Waals surface area (Å²) in [4.78, 5) is 50.3. The van der Waals surface area contributed by atoms with Crippen LogP contribution in [-0.4, -0.2) is 68.4 Å². The predicted octanol–water partition coefficient (Wildman–Crippen LogP) is 3.98. The van der Waals surface area contributed by atoms with Crippen LogP contribution in [-0.2, 0) is 42.1 Å². The summed E-state index contributed by atoms with van der Waals surface area (Å²) in [7, 11) is -4.04. The molecule has 13 heteroatoms. The fourth-order valence-corrected chi connectivity index (χ4v) is 6.70. The van der Waals surface area contributed by atoms with Crippen LogP contribution in [0.2, 0.25) is 5.02 Å². The second kappa shape index (κ2) is 15.2. The van der Waals surface area contributed by atoms with Gasteiger partial charge in [-0.25, -0.2) is 13.1 Å². The Balaban J connectivity index is 1.42. The predicted molar refractivity (Wildman–Crippen MR) is 165 cm³/mol. The second-order valence-corrected chi connectivity index (χ2v) is 12.6. The number of fused-ring (bicyclic) bond motifs is 1. The third-order valence-electron chi connectivity index (χ3n) is 7.24. The van der Waals surface area contributed by atoms with E-state index in [2.05, 4.69) is 4.72 Å². The maximum atomic E-state index is 13.4. The van der Waals surface area contributed by atoms with E-state index in [-0.39, 0.29) is 78.4 Å². The van der Waals surface area contributed by atoms with Gasteiger partial charge in [0.05, 0.1) is 16.3 Å². The van der Waals surface area contributed by atoms with Crippen molar-refractivity contribution in [3.05, 3.63) is 94.0 Å². The van der Waals surface area contributed by atoms with E-state index in [4.69, 9.17) is 26.2 Å². The number of sulfonamides is 1. The van der Waals surface area contributed by atoms with Gasteiger partial charge in [0.25, 0.3) is 0 Å². The molecule has 0 spiro atoms. The van der Waals surface area contributed by atoms with Crippen LogP contribution in [0, 0.1) is 0 Å². The van der Waals surface area contributed by atoms with Crippen molar-refractivity contribution in [2.24, 2.45) is 0 Å². The molecule has 2 N–H and O–H groups in total. The summed E-state index contributed by atoms with van der Waals surface area (Å²) in [6.45, 7) is 1.71. The molecule has 1 amide bonds. The number of benzene rings is 3. The number of nitrogens with one attached hydrogen (secondary N) is 1. The molecule has 3 aromatic carbocycles. The van der Waals surface area contributed by atoms with Crippen LogP contribution in [0.4, 0.5) is 0 Å². The number of carboxylic acids is 1. The number of aliphatic carboxylic acids is 1. The molecule has 0 fully saturated rings. The van der Waals surface area contributed by atoms with Crippen LogP contribution < -0.4 is 9.46 Å². The van der Waals surface area contributed by atoms with Crippen LogP contribution >= 0.6 is 11.6 Å². The molecule has 0 unspecified atom stereocenters. The molecule has 0 saturated heterocycles. The Hall–Kier alpha value is -4.26. The lowest BCUT2D eigenvalue weighted by molar-refractivity contribution is -0.141. The summed E-state index contributed by atoms with van der Waals surface area (Å²) in [5.41, 5.74) is 2.14. The van der Waals surface area contributed by atoms with Crippen molar-refractivity contribution in [2.75, 3.05) is 26.3 Å². The van der Waals surface area contributed by atoms with Gasteiger partial charge in [-0.15, -0.1) is 0 Å². The zero-order chi connectivity index (χ0) is 32.6. The summed E-state index contributed by atoms with van der Waals surface area (Å²) < 4.78 is 38.8. The highest BCUT2D eigenvalue weighted by molar-refractivity contribution is 7.89. The molecule has 0 bridgehead atoms. The van der Waals surface area contributed by atoms with E-state index in [0.717, 1.165) is 11.1 Å². The lowest BCUT2D eigenvalue weighted by atomic mass is 9.87. The highest BCUT2D eigenvalue weighted by atomic mass is 35.5. The smallest absolute Gasteiger partial charge is 0.307 e. The van der Waals surface area contributed by atoms with Crippen molar-refractivity contribution >= 4 is 45.3 Å². The third kappa shape index (κ3) is 9.13. The van der Waals surface area contributed by atoms with Crippen LogP contribution in [0.15, 0.2) is 71.6 Å². The highest BCUT2D eigenvalue weighted by Gasteiger charge is 2.30. The van der Waals surface area contributed by atoms with Crippen molar-refractivity contribution in [3.63, 3.8) is 0 Å². The molecule has 4 rings (SSSR count). The number of nitrogens with zero attached hydrogens (tertiary/aromatic N) is 1. The Morgan fingerprint density at radius 3 is 2.51 bits per heavy atom. The molecular weight excluding hydrogens is 624 g/mol. The van der Waals surface area contributed by atoms with E-state index in [0.29, 0.717) is 5.75 Å². The molecule has 1 atom stereocenters. The Morgan fingerprint density at radius 1 is 1.04 bits per heavy atom. The first-order valence-electron chi connectivity index (χ1n) is 14.2. The molecule has 0 radical (unpaired) electrons. The van der Waals surface area contributed by atoms with Gasteiger partial charge in [-0.3, -0.25) is 19.2 Å². The van der Waals surface area contributed by atoms with Gasteiger partial charge in [0.2, 0.25) is 15.9 Å². The summed E-state index contributed by atoms with van der Waals surface area (Å²) in [5.74, 6) is -2.07. The number of amides is 1. The van der Waals surface area contributed by atoms with Crippen LogP contribution in [0.1, 0.15) is 52.7 Å². The van der Waals surface area contributed by atoms with Gasteiger partial charge in [-0.05, 0) is 41.0 Å². The fraction of sp³-hybridized carbons (Fsp3) is 0.312. The Bertz CT molecular complexity index is 1690. The minimum absolute atomic E-state index is 0.0238. The van der Waals surface area contributed by atoms with E-state index >= 15 is 0 Å². The van der Waals surface area contributed by atoms with Gasteiger partial charge in [0.1, 0.15) is 19.0 Å². The number of hydrogen-bond donors (Lipinski definition) is 2. The molecule has 1 heterocycles. The molecule has 238 valence electrons. The van der Waals surface area contributed by atoms with Crippen molar-refractivity contribution in [1.82, 2.24) is 9.62 Å². The maximum Gasteiger partial charge on any atom is 0.307 e. The number of ketones is 1. The maximum absolute atomic E-state index is 13.4. The van der Waals surface area contributed by atoms with Gasteiger partial charge >= 0.3 is 11.9 Å². The van der Waals surface area contributed by atoms with Gasteiger partial charge < -0.3 is 19.5 Å². The first kappa shape index (κ1) is 33.6. The number of carboxylic acid groups (broad SMARTS) is 1. The summed E-state index contributed by atoms with van der Waals surface area (Å²) in [6, 6.07) is 18.0. The normalized spacial score (nSPS) is 14.8. The van der Waals surface area contributed by atoms with Crippen LogP contribution in [0.5, 0.6) is 5.75 Å². The SMILES string of the molecule is CC(=O)OCCOc1ccc(C(=O)C[C@@H]2CC(=O)N(CCNS(=O)(=O)c3ccccc3CC(=O)O)Cc3ccccc32)c(Cl)c1. The van der Waals surface area contributed by atoms with Gasteiger partial charge in [0, 0.05) is 50.9 Å². The average molecular weight is 657 g/mol. The fourth-order valence-electron chi connectivity index (χ4n) is 5.16. The molecule has 1 aliphatic rings. The monoisotopic (exact) mass is 656 g/mol. The number of rotatable bonds is 14. The number of carbonyl (C=O) groups is 4. The Labute approximate surface area is 266 Å². The van der Waals surface area contributed by atoms with Gasteiger partial charge in [-0.1, -0.05) is 54.1 Å².